The fourth-order valence-electron chi connectivity index (χ4n) is 1.58. The minimum Gasteiger partial charge on any atom is -0.352 e. The predicted octanol–water partition coefficient (Wildman–Crippen LogP) is 3.12. The van der Waals surface area contributed by atoms with E-state index in [-0.39, 0.29) is 5.91 Å². The van der Waals surface area contributed by atoms with Gasteiger partial charge >= 0.3 is 0 Å². The highest BCUT2D eigenvalue weighted by Crippen LogP contribution is 2.07. The van der Waals surface area contributed by atoms with Crippen LogP contribution in [0.5, 0.6) is 0 Å². The number of rotatable bonds is 5. The summed E-state index contributed by atoms with van der Waals surface area (Å²) < 4.78 is 0. The zero-order chi connectivity index (χ0) is 12.6. The molecule has 0 bridgehead atoms. The summed E-state index contributed by atoms with van der Waals surface area (Å²) in [7, 11) is 0. The minimum atomic E-state index is -0.0443. The van der Waals surface area contributed by atoms with E-state index in [1.165, 1.54) is 5.56 Å². The van der Waals surface area contributed by atoms with Gasteiger partial charge in [0.25, 0.3) is 0 Å². The van der Waals surface area contributed by atoms with Gasteiger partial charge in [0.15, 0.2) is 0 Å². The summed E-state index contributed by atoms with van der Waals surface area (Å²) in [5.41, 5.74) is 2.30. The van der Waals surface area contributed by atoms with Crippen LogP contribution < -0.4 is 5.32 Å². The molecule has 1 amide bonds. The molecule has 0 radical (unpaired) electrons. The SMILES string of the molecule is O=C(/C=C/c1ccsc1)NCCc1ccccc1. The van der Waals surface area contributed by atoms with Crippen molar-refractivity contribution in [1.29, 1.82) is 0 Å². The first-order chi connectivity index (χ1) is 8.84. The highest BCUT2D eigenvalue weighted by atomic mass is 32.1. The van der Waals surface area contributed by atoms with Crippen LogP contribution in [0.2, 0.25) is 0 Å². The van der Waals surface area contributed by atoms with E-state index in [1.54, 1.807) is 17.4 Å². The van der Waals surface area contributed by atoms with Crippen LogP contribution in [0.1, 0.15) is 11.1 Å². The molecule has 3 heteroatoms. The third-order valence-electron chi connectivity index (χ3n) is 2.53. The van der Waals surface area contributed by atoms with E-state index in [2.05, 4.69) is 17.4 Å². The van der Waals surface area contributed by atoms with Gasteiger partial charge in [0.1, 0.15) is 0 Å². The Labute approximate surface area is 111 Å². The normalized spacial score (nSPS) is 10.7. The standard InChI is InChI=1S/C15H15NOS/c17-15(7-6-14-9-11-18-12-14)16-10-8-13-4-2-1-3-5-13/h1-7,9,11-12H,8,10H2,(H,16,17)/b7-6+. The second-order valence-electron chi connectivity index (χ2n) is 3.92. The molecule has 0 fully saturated rings. The molecule has 0 aliphatic heterocycles. The number of hydrogen-bond donors (Lipinski definition) is 1. The second kappa shape index (κ2) is 6.77. The first-order valence-corrected chi connectivity index (χ1v) is 6.81. The van der Waals surface area contributed by atoms with Gasteiger partial charge in [-0.2, -0.15) is 11.3 Å². The summed E-state index contributed by atoms with van der Waals surface area (Å²) in [5, 5.41) is 6.87. The van der Waals surface area contributed by atoms with Crippen molar-refractivity contribution in [3.63, 3.8) is 0 Å². The van der Waals surface area contributed by atoms with Crippen molar-refractivity contribution in [2.75, 3.05) is 6.54 Å². The molecule has 0 aliphatic carbocycles. The highest BCUT2D eigenvalue weighted by molar-refractivity contribution is 7.08. The summed E-state index contributed by atoms with van der Waals surface area (Å²) in [6.07, 6.45) is 4.26. The van der Waals surface area contributed by atoms with E-state index < -0.39 is 0 Å². The van der Waals surface area contributed by atoms with Gasteiger partial charge in [0.2, 0.25) is 5.91 Å². The van der Waals surface area contributed by atoms with Gasteiger partial charge in [-0.25, -0.2) is 0 Å². The predicted molar refractivity (Wildman–Crippen MR) is 76.5 cm³/mol. The Morgan fingerprint density at radius 2 is 2.06 bits per heavy atom. The van der Waals surface area contributed by atoms with Gasteiger partial charge in [-0.3, -0.25) is 4.79 Å². The topological polar surface area (TPSA) is 29.1 Å². The molecular weight excluding hydrogens is 242 g/mol. The zero-order valence-electron chi connectivity index (χ0n) is 10.0. The lowest BCUT2D eigenvalue weighted by molar-refractivity contribution is -0.116. The molecule has 1 N–H and O–H groups in total. The molecule has 2 rings (SSSR count). The van der Waals surface area contributed by atoms with Crippen LogP contribution in [0, 0.1) is 0 Å². The van der Waals surface area contributed by atoms with Gasteiger partial charge in [-0.05, 0) is 40.5 Å². The maximum Gasteiger partial charge on any atom is 0.244 e. The molecule has 0 spiro atoms. The fourth-order valence-corrected chi connectivity index (χ4v) is 2.20. The van der Waals surface area contributed by atoms with Crippen molar-refractivity contribution in [2.45, 2.75) is 6.42 Å². The lowest BCUT2D eigenvalue weighted by Gasteiger charge is -2.02. The summed E-state index contributed by atoms with van der Waals surface area (Å²) in [6.45, 7) is 0.664. The van der Waals surface area contributed by atoms with Crippen LogP contribution >= 0.6 is 11.3 Å². The Balaban J connectivity index is 1.72. The Morgan fingerprint density at radius 1 is 1.22 bits per heavy atom. The van der Waals surface area contributed by atoms with E-state index in [0.29, 0.717) is 6.54 Å². The highest BCUT2D eigenvalue weighted by Gasteiger charge is 1.96. The molecule has 0 atom stereocenters. The Morgan fingerprint density at radius 3 is 2.78 bits per heavy atom. The smallest absolute Gasteiger partial charge is 0.244 e. The van der Waals surface area contributed by atoms with E-state index >= 15 is 0 Å². The summed E-state index contributed by atoms with van der Waals surface area (Å²) >= 11 is 1.62. The number of hydrogen-bond acceptors (Lipinski definition) is 2. The Bertz CT molecular complexity index is 503. The molecule has 92 valence electrons. The van der Waals surface area contributed by atoms with Gasteiger partial charge in [-0.15, -0.1) is 0 Å². The molecule has 2 nitrogen and oxygen atoms in total. The first-order valence-electron chi connectivity index (χ1n) is 5.86. The molecular formula is C15H15NOS. The molecule has 2 aromatic rings. The van der Waals surface area contributed by atoms with Gasteiger partial charge < -0.3 is 5.32 Å². The number of carbonyl (C=O) groups excluding carboxylic acids is 1. The lowest BCUT2D eigenvalue weighted by Crippen LogP contribution is -2.23. The van der Waals surface area contributed by atoms with Crippen molar-refractivity contribution in [1.82, 2.24) is 5.32 Å². The molecule has 18 heavy (non-hydrogen) atoms. The summed E-state index contributed by atoms with van der Waals surface area (Å²) in [5.74, 6) is -0.0443. The maximum absolute atomic E-state index is 11.5. The van der Waals surface area contributed by atoms with Crippen LogP contribution in [-0.2, 0) is 11.2 Å². The lowest BCUT2D eigenvalue weighted by atomic mass is 10.1. The van der Waals surface area contributed by atoms with Crippen molar-refractivity contribution >= 4 is 23.3 Å². The van der Waals surface area contributed by atoms with Gasteiger partial charge in [0, 0.05) is 12.6 Å². The van der Waals surface area contributed by atoms with Crippen LogP contribution in [0.3, 0.4) is 0 Å². The van der Waals surface area contributed by atoms with E-state index in [4.69, 9.17) is 0 Å². The average Bonchev–Trinajstić information content (AvgIpc) is 2.91. The molecule has 0 saturated heterocycles. The number of thiophene rings is 1. The summed E-state index contributed by atoms with van der Waals surface area (Å²) in [4.78, 5) is 11.5. The Hall–Kier alpha value is -1.87. The second-order valence-corrected chi connectivity index (χ2v) is 4.70. The number of carbonyl (C=O) groups is 1. The van der Waals surface area contributed by atoms with E-state index in [9.17, 15) is 4.79 Å². The molecule has 1 heterocycles. The van der Waals surface area contributed by atoms with Gasteiger partial charge in [0.05, 0.1) is 0 Å². The number of amides is 1. The third-order valence-corrected chi connectivity index (χ3v) is 3.23. The molecule has 0 saturated carbocycles. The first kappa shape index (κ1) is 12.6. The summed E-state index contributed by atoms with van der Waals surface area (Å²) in [6, 6.07) is 12.1. The zero-order valence-corrected chi connectivity index (χ0v) is 10.8. The van der Waals surface area contributed by atoms with Crippen LogP contribution in [-0.4, -0.2) is 12.5 Å². The minimum absolute atomic E-state index is 0.0443. The van der Waals surface area contributed by atoms with Crippen LogP contribution in [0.4, 0.5) is 0 Å². The average molecular weight is 257 g/mol. The van der Waals surface area contributed by atoms with Crippen molar-refractivity contribution in [3.8, 4) is 0 Å². The van der Waals surface area contributed by atoms with Gasteiger partial charge in [-0.1, -0.05) is 30.3 Å². The Kier molecular flexibility index (Phi) is 4.73. The van der Waals surface area contributed by atoms with E-state index in [0.717, 1.165) is 12.0 Å². The quantitative estimate of drug-likeness (QED) is 0.819. The largest absolute Gasteiger partial charge is 0.352 e. The van der Waals surface area contributed by atoms with E-state index in [1.807, 2.05) is 41.1 Å². The third kappa shape index (κ3) is 4.18. The van der Waals surface area contributed by atoms with Crippen molar-refractivity contribution < 1.29 is 4.79 Å². The molecule has 0 unspecified atom stereocenters. The van der Waals surface area contributed by atoms with Crippen molar-refractivity contribution in [3.05, 3.63) is 64.4 Å². The number of nitrogens with one attached hydrogen (secondary N) is 1. The van der Waals surface area contributed by atoms with Crippen LogP contribution in [0.15, 0.2) is 53.2 Å². The van der Waals surface area contributed by atoms with Crippen LogP contribution in [0.25, 0.3) is 6.08 Å². The monoisotopic (exact) mass is 257 g/mol. The molecule has 1 aromatic heterocycles. The molecule has 0 aliphatic rings. The maximum atomic E-state index is 11.5. The fraction of sp³-hybridized carbons (Fsp3) is 0.133. The molecule has 1 aromatic carbocycles. The number of benzene rings is 1. The van der Waals surface area contributed by atoms with Crippen molar-refractivity contribution in [2.24, 2.45) is 0 Å².